The van der Waals surface area contributed by atoms with Gasteiger partial charge >= 0.3 is 0 Å². The van der Waals surface area contributed by atoms with Crippen LogP contribution >= 0.6 is 0 Å². The first-order valence-corrected chi connectivity index (χ1v) is 19.9. The first kappa shape index (κ1) is 40.0. The van der Waals surface area contributed by atoms with Crippen LogP contribution in [0.25, 0.3) is 0 Å². The molecule has 0 unspecified atom stereocenters. The van der Waals surface area contributed by atoms with Crippen LogP contribution in [-0.2, 0) is 37.3 Å². The third kappa shape index (κ3) is 10.5. The van der Waals surface area contributed by atoms with Crippen molar-refractivity contribution < 1.29 is 32.9 Å². The van der Waals surface area contributed by atoms with Gasteiger partial charge in [0.25, 0.3) is 0 Å². The largest absolute Gasteiger partial charge is 0.392 e. The molecule has 11 heteroatoms. The predicted molar refractivity (Wildman–Crippen MR) is 212 cm³/mol. The first-order valence-electron chi connectivity index (χ1n) is 18.5. The Morgan fingerprint density at radius 1 is 0.818 bits per heavy atom. The summed E-state index contributed by atoms with van der Waals surface area (Å²) in [5, 5.41) is 23.6. The lowest BCUT2D eigenvalue weighted by molar-refractivity contribution is -0.253. The molecule has 1 saturated heterocycles. The lowest BCUT2D eigenvalue weighted by Crippen LogP contribution is -2.45. The highest BCUT2D eigenvalue weighted by Crippen LogP contribution is 2.39. The van der Waals surface area contributed by atoms with E-state index in [4.69, 9.17) is 9.47 Å². The number of likely N-dealkylation sites (N-methyl/N-ethyl adjacent to an activating group) is 1. The molecule has 0 aromatic heterocycles. The maximum atomic E-state index is 13.7. The van der Waals surface area contributed by atoms with E-state index in [2.05, 4.69) is 14.9 Å². The molecule has 0 radical (unpaired) electrons. The van der Waals surface area contributed by atoms with Gasteiger partial charge in [-0.05, 0) is 73.8 Å². The van der Waals surface area contributed by atoms with Crippen molar-refractivity contribution in [2.45, 2.75) is 74.9 Å². The van der Waals surface area contributed by atoms with Crippen molar-refractivity contribution in [3.05, 3.63) is 167 Å². The lowest BCUT2D eigenvalue weighted by atomic mass is 9.98. The minimum Gasteiger partial charge on any atom is -0.392 e. The Labute approximate surface area is 323 Å². The number of aryl methyl sites for hydroxylation is 1. The number of aliphatic hydroxyl groups is 2. The second-order valence-corrected chi connectivity index (χ2v) is 15.9. The Morgan fingerprint density at radius 3 is 2.07 bits per heavy atom. The lowest BCUT2D eigenvalue weighted by Gasteiger charge is -2.39. The summed E-state index contributed by atoms with van der Waals surface area (Å²) in [6.45, 7) is 4.35. The van der Waals surface area contributed by atoms with Crippen molar-refractivity contribution >= 4 is 21.6 Å². The van der Waals surface area contributed by atoms with Crippen LogP contribution in [0.5, 0.6) is 0 Å². The predicted octanol–water partition coefficient (Wildman–Crippen LogP) is 6.61. The van der Waals surface area contributed by atoms with E-state index < -0.39 is 34.4 Å². The fourth-order valence-electron chi connectivity index (χ4n) is 6.65. The molecule has 1 aliphatic rings. The van der Waals surface area contributed by atoms with Crippen LogP contribution in [0.4, 0.5) is 5.69 Å². The molecule has 4 N–H and O–H groups in total. The SMILES string of the molecule is Cc1ccc(S(=O)(=O)N[C@H](Cc2ccccc2)C(=O)Nc2ccc([C@@H]3O[C@H](CN(C)[C@@H](C)[C@H](O)c4ccccc4)C[C@H](c4ccc(CO)cc4)O3)cc2)cc1. The standard InChI is InChI=1S/C44H49N3O7S/c1-30-14-24-39(25-15-30)55(51,52)46-40(26-32-10-6-4-7-11-32)43(50)45-37-22-20-36(21-23-37)44-53-38(27-41(54-44)34-18-16-33(29-48)17-19-34)28-47(3)31(2)42(49)35-12-8-5-9-13-35/h4-25,31,38,40-42,44,46,48-49H,26-29H2,1-3H3,(H,45,50)/t31-,38-,40+,41+,42-,44+/m0/s1. The summed E-state index contributed by atoms with van der Waals surface area (Å²) in [6, 6.07) is 38.9. The number of nitrogens with one attached hydrogen (secondary N) is 2. The number of rotatable bonds is 15. The Morgan fingerprint density at radius 2 is 1.44 bits per heavy atom. The van der Waals surface area contributed by atoms with Crippen molar-refractivity contribution in [2.75, 3.05) is 18.9 Å². The van der Waals surface area contributed by atoms with E-state index in [1.165, 1.54) is 12.1 Å². The summed E-state index contributed by atoms with van der Waals surface area (Å²) in [5.74, 6) is -0.501. The van der Waals surface area contributed by atoms with Crippen molar-refractivity contribution in [1.82, 2.24) is 9.62 Å². The first-order chi connectivity index (χ1) is 26.5. The smallest absolute Gasteiger partial charge is 0.242 e. The summed E-state index contributed by atoms with van der Waals surface area (Å²) < 4.78 is 42.4. The van der Waals surface area contributed by atoms with E-state index in [0.717, 1.165) is 33.4 Å². The van der Waals surface area contributed by atoms with Gasteiger partial charge in [-0.1, -0.05) is 115 Å². The van der Waals surface area contributed by atoms with Crippen molar-refractivity contribution in [1.29, 1.82) is 0 Å². The van der Waals surface area contributed by atoms with Gasteiger partial charge in [-0.3, -0.25) is 9.69 Å². The van der Waals surface area contributed by atoms with Crippen LogP contribution in [0.2, 0.25) is 0 Å². The highest BCUT2D eigenvalue weighted by Gasteiger charge is 2.34. The van der Waals surface area contributed by atoms with Gasteiger partial charge in [0.05, 0.1) is 29.8 Å². The van der Waals surface area contributed by atoms with Gasteiger partial charge in [0.15, 0.2) is 6.29 Å². The highest BCUT2D eigenvalue weighted by molar-refractivity contribution is 7.89. The molecule has 10 nitrogen and oxygen atoms in total. The molecule has 1 aliphatic heterocycles. The monoisotopic (exact) mass is 763 g/mol. The van der Waals surface area contributed by atoms with E-state index >= 15 is 0 Å². The minimum atomic E-state index is -4.00. The van der Waals surface area contributed by atoms with Crippen molar-refractivity contribution in [3.8, 4) is 0 Å². The maximum absolute atomic E-state index is 13.7. The quantitative estimate of drug-likeness (QED) is 0.0935. The number of hydrogen-bond acceptors (Lipinski definition) is 8. The Balaban J connectivity index is 1.18. The number of benzene rings is 5. The van der Waals surface area contributed by atoms with Crippen LogP contribution in [0.15, 0.2) is 138 Å². The number of hydrogen-bond donors (Lipinski definition) is 4. The number of ether oxygens (including phenoxy) is 2. The topological polar surface area (TPSA) is 137 Å². The van der Waals surface area contributed by atoms with Crippen molar-refractivity contribution in [2.24, 2.45) is 0 Å². The molecule has 288 valence electrons. The third-order valence-electron chi connectivity index (χ3n) is 10.1. The summed E-state index contributed by atoms with van der Waals surface area (Å²) in [4.78, 5) is 15.9. The summed E-state index contributed by atoms with van der Waals surface area (Å²) in [5.41, 5.74) is 5.55. The normalized spacial score (nSPS) is 19.1. The average molecular weight is 764 g/mol. The number of carbonyl (C=O) groups excluding carboxylic acids is 1. The molecule has 5 aromatic carbocycles. The molecule has 5 aromatic rings. The fourth-order valence-corrected chi connectivity index (χ4v) is 7.85. The van der Waals surface area contributed by atoms with Gasteiger partial charge in [0.1, 0.15) is 6.04 Å². The van der Waals surface area contributed by atoms with Crippen LogP contribution in [0.3, 0.4) is 0 Å². The molecule has 0 aliphatic carbocycles. The van der Waals surface area contributed by atoms with Gasteiger partial charge in [0, 0.05) is 30.3 Å². The zero-order chi connectivity index (χ0) is 39.0. The fraction of sp³-hybridized carbons (Fsp3) is 0.295. The Hall–Kier alpha value is -4.72. The molecular formula is C44H49N3O7S. The van der Waals surface area contributed by atoms with Crippen LogP contribution < -0.4 is 10.0 Å². The number of aliphatic hydroxyl groups excluding tert-OH is 2. The van der Waals surface area contributed by atoms with Gasteiger partial charge in [-0.15, -0.1) is 0 Å². The number of anilines is 1. The molecule has 0 bridgehead atoms. The number of amides is 1. The second kappa shape index (κ2) is 18.3. The molecule has 1 amide bonds. The summed E-state index contributed by atoms with van der Waals surface area (Å²) >= 11 is 0. The van der Waals surface area contributed by atoms with E-state index in [9.17, 15) is 23.4 Å². The van der Waals surface area contributed by atoms with Gasteiger partial charge in [-0.25, -0.2) is 8.42 Å². The van der Waals surface area contributed by atoms with Crippen LogP contribution in [0, 0.1) is 6.92 Å². The molecule has 0 spiro atoms. The number of sulfonamides is 1. The van der Waals surface area contributed by atoms with Gasteiger partial charge in [-0.2, -0.15) is 4.72 Å². The summed E-state index contributed by atoms with van der Waals surface area (Å²) in [6.07, 6.45) is -1.26. The van der Waals surface area contributed by atoms with E-state index in [0.29, 0.717) is 18.7 Å². The Kier molecular flexibility index (Phi) is 13.3. The van der Waals surface area contributed by atoms with Gasteiger partial charge < -0.3 is 25.0 Å². The number of nitrogens with zero attached hydrogens (tertiary/aromatic N) is 1. The highest BCUT2D eigenvalue weighted by atomic mass is 32.2. The zero-order valence-electron chi connectivity index (χ0n) is 31.3. The van der Waals surface area contributed by atoms with E-state index in [1.807, 2.05) is 118 Å². The van der Waals surface area contributed by atoms with Gasteiger partial charge in [0.2, 0.25) is 15.9 Å². The average Bonchev–Trinajstić information content (AvgIpc) is 3.21. The molecule has 1 heterocycles. The zero-order valence-corrected chi connectivity index (χ0v) is 32.1. The molecule has 0 saturated carbocycles. The van der Waals surface area contributed by atoms with E-state index in [1.54, 1.807) is 24.3 Å². The van der Waals surface area contributed by atoms with Crippen LogP contribution in [-0.4, -0.2) is 61.2 Å². The molecular weight excluding hydrogens is 715 g/mol. The molecule has 1 fully saturated rings. The van der Waals surface area contributed by atoms with E-state index in [-0.39, 0.29) is 36.2 Å². The summed E-state index contributed by atoms with van der Waals surface area (Å²) in [7, 11) is -2.03. The van der Waals surface area contributed by atoms with Crippen LogP contribution in [0.1, 0.15) is 65.2 Å². The Bertz CT molecular complexity index is 2080. The van der Waals surface area contributed by atoms with Crippen molar-refractivity contribution in [3.63, 3.8) is 0 Å². The second-order valence-electron chi connectivity index (χ2n) is 14.2. The third-order valence-corrected chi connectivity index (χ3v) is 11.6. The minimum absolute atomic E-state index is 0.0545. The maximum Gasteiger partial charge on any atom is 0.242 e. The number of carbonyl (C=O) groups is 1. The molecule has 55 heavy (non-hydrogen) atoms. The molecule has 6 atom stereocenters. The molecule has 6 rings (SSSR count).